The Morgan fingerprint density at radius 1 is 1.48 bits per heavy atom. The van der Waals surface area contributed by atoms with Crippen molar-refractivity contribution in [1.29, 1.82) is 0 Å². The molecule has 0 saturated carbocycles. The van der Waals surface area contributed by atoms with E-state index in [9.17, 15) is 14.9 Å². The molecule has 1 heterocycles. The van der Waals surface area contributed by atoms with E-state index < -0.39 is 4.92 Å². The van der Waals surface area contributed by atoms with Gasteiger partial charge in [0, 0.05) is 30.6 Å². The average molecular weight is 292 g/mol. The molecule has 21 heavy (non-hydrogen) atoms. The summed E-state index contributed by atoms with van der Waals surface area (Å²) in [7, 11) is 0. The number of hydrogen-bond donors (Lipinski definition) is 2. The second-order valence-electron chi connectivity index (χ2n) is 4.58. The number of aliphatic hydroxyl groups excluding tert-OH is 1. The topological polar surface area (TPSA) is 112 Å². The van der Waals surface area contributed by atoms with Crippen LogP contribution in [-0.2, 0) is 0 Å². The highest BCUT2D eigenvalue weighted by Crippen LogP contribution is 2.23. The number of carbonyl (C=O) groups excluding carboxylic acids is 1. The molecule has 8 nitrogen and oxygen atoms in total. The van der Waals surface area contributed by atoms with Gasteiger partial charge >= 0.3 is 0 Å². The van der Waals surface area contributed by atoms with Crippen LogP contribution < -0.4 is 0 Å². The number of nitro groups is 1. The van der Waals surface area contributed by atoms with E-state index >= 15 is 0 Å². The molecule has 0 aliphatic rings. The summed E-state index contributed by atoms with van der Waals surface area (Å²) in [5, 5.41) is 26.9. The van der Waals surface area contributed by atoms with Crippen molar-refractivity contribution in [1.82, 2.24) is 15.1 Å². The number of hydrogen-bond acceptors (Lipinski definition) is 5. The zero-order valence-corrected chi connectivity index (χ0v) is 11.6. The zero-order valence-electron chi connectivity index (χ0n) is 11.6. The minimum absolute atomic E-state index is 0.0952. The molecule has 0 spiro atoms. The summed E-state index contributed by atoms with van der Waals surface area (Å²) >= 11 is 0. The van der Waals surface area contributed by atoms with Crippen LogP contribution >= 0.6 is 0 Å². The van der Waals surface area contributed by atoms with Crippen molar-refractivity contribution >= 4 is 22.5 Å². The fourth-order valence-electron chi connectivity index (χ4n) is 2.13. The number of aliphatic hydroxyl groups is 1. The van der Waals surface area contributed by atoms with E-state index in [4.69, 9.17) is 5.11 Å². The van der Waals surface area contributed by atoms with Gasteiger partial charge in [0.2, 0.25) is 0 Å². The molecule has 0 aliphatic heterocycles. The van der Waals surface area contributed by atoms with Crippen molar-refractivity contribution in [2.45, 2.75) is 13.3 Å². The number of benzene rings is 1. The van der Waals surface area contributed by atoms with Gasteiger partial charge in [0.1, 0.15) is 0 Å². The molecule has 2 rings (SSSR count). The second-order valence-corrected chi connectivity index (χ2v) is 4.58. The van der Waals surface area contributed by atoms with Gasteiger partial charge in [0.15, 0.2) is 5.69 Å². The average Bonchev–Trinajstić information content (AvgIpc) is 2.89. The van der Waals surface area contributed by atoms with Crippen LogP contribution in [0, 0.1) is 10.1 Å². The summed E-state index contributed by atoms with van der Waals surface area (Å²) in [5.74, 6) is -0.349. The predicted octanol–water partition coefficient (Wildman–Crippen LogP) is 1.32. The normalized spacial score (nSPS) is 10.8. The number of carbonyl (C=O) groups is 1. The Hall–Kier alpha value is -2.48. The number of H-pyrrole nitrogens is 1. The molecule has 2 aromatic rings. The van der Waals surface area contributed by atoms with E-state index in [2.05, 4.69) is 10.2 Å². The number of fused-ring (bicyclic) bond motifs is 1. The molecule has 0 fully saturated rings. The molecule has 0 unspecified atom stereocenters. The van der Waals surface area contributed by atoms with Gasteiger partial charge in [-0.2, -0.15) is 5.10 Å². The molecule has 2 N–H and O–H groups in total. The third-order valence-electron chi connectivity index (χ3n) is 3.11. The first-order valence-corrected chi connectivity index (χ1v) is 6.61. The molecule has 1 amide bonds. The molecule has 0 saturated heterocycles. The van der Waals surface area contributed by atoms with Crippen LogP contribution in [0.15, 0.2) is 18.2 Å². The predicted molar refractivity (Wildman–Crippen MR) is 76.0 cm³/mol. The van der Waals surface area contributed by atoms with Crippen LogP contribution in [0.1, 0.15) is 23.8 Å². The van der Waals surface area contributed by atoms with E-state index in [1.807, 2.05) is 6.92 Å². The van der Waals surface area contributed by atoms with E-state index in [0.29, 0.717) is 17.4 Å². The number of nitrogens with zero attached hydrogens (tertiary/aromatic N) is 3. The Labute approximate surface area is 120 Å². The molecular formula is C13H16N4O4. The molecule has 0 bridgehead atoms. The van der Waals surface area contributed by atoms with Gasteiger partial charge in [-0.1, -0.05) is 6.92 Å². The third-order valence-corrected chi connectivity index (χ3v) is 3.11. The number of non-ortho nitro benzene ring substituents is 1. The van der Waals surface area contributed by atoms with Gasteiger partial charge in [-0.15, -0.1) is 0 Å². The summed E-state index contributed by atoms with van der Waals surface area (Å²) in [4.78, 5) is 24.2. The third kappa shape index (κ3) is 3.00. The smallest absolute Gasteiger partial charge is 0.275 e. The summed E-state index contributed by atoms with van der Waals surface area (Å²) in [6, 6.07) is 4.20. The number of aromatic amines is 1. The highest BCUT2D eigenvalue weighted by Gasteiger charge is 2.21. The van der Waals surface area contributed by atoms with E-state index in [-0.39, 0.29) is 30.4 Å². The molecular weight excluding hydrogens is 276 g/mol. The monoisotopic (exact) mass is 292 g/mol. The molecule has 0 aliphatic carbocycles. The van der Waals surface area contributed by atoms with Gasteiger partial charge in [-0.25, -0.2) is 0 Å². The summed E-state index contributed by atoms with van der Waals surface area (Å²) < 4.78 is 0. The zero-order chi connectivity index (χ0) is 15.4. The minimum atomic E-state index is -0.516. The fourth-order valence-corrected chi connectivity index (χ4v) is 2.13. The fraction of sp³-hybridized carbons (Fsp3) is 0.385. The lowest BCUT2D eigenvalue weighted by Crippen LogP contribution is -2.34. The van der Waals surface area contributed by atoms with E-state index in [0.717, 1.165) is 6.42 Å². The van der Waals surface area contributed by atoms with Crippen LogP contribution in [0.2, 0.25) is 0 Å². The van der Waals surface area contributed by atoms with E-state index in [1.54, 1.807) is 0 Å². The van der Waals surface area contributed by atoms with Gasteiger partial charge in [0.05, 0.1) is 17.0 Å². The first kappa shape index (κ1) is 14.9. The first-order valence-electron chi connectivity index (χ1n) is 6.61. The lowest BCUT2D eigenvalue weighted by atomic mass is 10.1. The number of amides is 1. The number of nitrogens with one attached hydrogen (secondary N) is 1. The Morgan fingerprint density at radius 3 is 2.86 bits per heavy atom. The number of nitro benzene ring substituents is 1. The second kappa shape index (κ2) is 6.31. The van der Waals surface area contributed by atoms with Crippen molar-refractivity contribution in [2.75, 3.05) is 19.7 Å². The lowest BCUT2D eigenvalue weighted by molar-refractivity contribution is -0.384. The molecule has 0 radical (unpaired) electrons. The van der Waals surface area contributed by atoms with Crippen molar-refractivity contribution < 1.29 is 14.8 Å². The largest absolute Gasteiger partial charge is 0.395 e. The van der Waals surface area contributed by atoms with E-state index in [1.165, 1.54) is 23.1 Å². The van der Waals surface area contributed by atoms with Crippen molar-refractivity contribution in [3.8, 4) is 0 Å². The van der Waals surface area contributed by atoms with Crippen molar-refractivity contribution in [3.05, 3.63) is 34.0 Å². The lowest BCUT2D eigenvalue weighted by Gasteiger charge is -2.19. The van der Waals surface area contributed by atoms with Crippen LogP contribution in [0.25, 0.3) is 10.9 Å². The highest BCUT2D eigenvalue weighted by molar-refractivity contribution is 6.05. The minimum Gasteiger partial charge on any atom is -0.395 e. The number of rotatable bonds is 6. The quantitative estimate of drug-likeness (QED) is 0.615. The van der Waals surface area contributed by atoms with Crippen LogP contribution in [0.5, 0.6) is 0 Å². The molecule has 8 heteroatoms. The molecule has 1 aromatic carbocycles. The maximum Gasteiger partial charge on any atom is 0.275 e. The highest BCUT2D eigenvalue weighted by atomic mass is 16.6. The Bertz CT molecular complexity index is 661. The molecule has 112 valence electrons. The van der Waals surface area contributed by atoms with Crippen LogP contribution in [-0.4, -0.2) is 50.7 Å². The van der Waals surface area contributed by atoms with Crippen molar-refractivity contribution in [2.24, 2.45) is 0 Å². The van der Waals surface area contributed by atoms with Crippen molar-refractivity contribution in [3.63, 3.8) is 0 Å². The first-order chi connectivity index (χ1) is 10.1. The van der Waals surface area contributed by atoms with Crippen LogP contribution in [0.3, 0.4) is 0 Å². The van der Waals surface area contributed by atoms with Gasteiger partial charge in [-0.3, -0.25) is 20.0 Å². The Kier molecular flexibility index (Phi) is 4.49. The standard InChI is InChI=1S/C13H16N4O4/c1-2-5-16(6-7-18)13(19)12-10-8-9(17(20)21)3-4-11(10)14-15-12/h3-4,8,18H,2,5-7H2,1H3,(H,14,15). The Balaban J connectivity index is 2.42. The summed E-state index contributed by atoms with van der Waals surface area (Å²) in [6.45, 7) is 2.47. The van der Waals surface area contributed by atoms with Gasteiger partial charge in [0.25, 0.3) is 11.6 Å². The molecule has 0 atom stereocenters. The van der Waals surface area contributed by atoms with Gasteiger partial charge in [-0.05, 0) is 12.5 Å². The summed E-state index contributed by atoms with van der Waals surface area (Å²) in [5.41, 5.74) is 0.599. The SMILES string of the molecule is CCCN(CCO)C(=O)c1n[nH]c2ccc([N+](=O)[O-])cc12. The number of aromatic nitrogens is 2. The summed E-state index contributed by atoms with van der Waals surface area (Å²) in [6.07, 6.45) is 0.744. The van der Waals surface area contributed by atoms with Gasteiger partial charge < -0.3 is 10.0 Å². The Morgan fingerprint density at radius 2 is 2.24 bits per heavy atom. The molecule has 1 aromatic heterocycles. The van der Waals surface area contributed by atoms with Crippen LogP contribution in [0.4, 0.5) is 5.69 Å². The maximum absolute atomic E-state index is 12.4. The maximum atomic E-state index is 12.4.